The largest absolute Gasteiger partial charge is 0.339 e. The molecule has 1 aliphatic carbocycles. The van der Waals surface area contributed by atoms with Crippen molar-refractivity contribution in [1.82, 2.24) is 4.90 Å². The quantitative estimate of drug-likeness (QED) is 0.742. The highest BCUT2D eigenvalue weighted by Gasteiger charge is 2.54. The van der Waals surface area contributed by atoms with Gasteiger partial charge in [0.25, 0.3) is 0 Å². The third-order valence-electron chi connectivity index (χ3n) is 6.48. The number of nitrogens with zero attached hydrogens (tertiary/aromatic N) is 1. The maximum Gasteiger partial charge on any atom is 0.226 e. The molecule has 2 aliphatic rings. The highest BCUT2D eigenvalue weighted by molar-refractivity contribution is 5.82. The summed E-state index contributed by atoms with van der Waals surface area (Å²) in [6, 6.07) is 0.345. The number of fused-ring (bicyclic) bond motifs is 1. The standard InChI is InChI=1S/C19H33NO2/c1-6-7-8-15-12-17-16(11-13(2)19(17,4)5)18(22)20(15)10-9-14(3)21/h13,15-17H,6-12H2,1-5H3/t13-,15+,16-,17+/m1/s1. The third-order valence-corrected chi connectivity index (χ3v) is 6.48. The van der Waals surface area contributed by atoms with E-state index in [0.717, 1.165) is 19.3 Å². The highest BCUT2D eigenvalue weighted by Crippen LogP contribution is 2.55. The monoisotopic (exact) mass is 307 g/mol. The second-order valence-corrected chi connectivity index (χ2v) is 8.19. The van der Waals surface area contributed by atoms with Crippen LogP contribution < -0.4 is 0 Å². The van der Waals surface area contributed by atoms with Crippen molar-refractivity contribution < 1.29 is 9.59 Å². The molecule has 1 saturated heterocycles. The molecular weight excluding hydrogens is 274 g/mol. The van der Waals surface area contributed by atoms with Gasteiger partial charge in [0.2, 0.25) is 5.91 Å². The van der Waals surface area contributed by atoms with Crippen molar-refractivity contribution in [3.8, 4) is 0 Å². The Morgan fingerprint density at radius 3 is 2.59 bits per heavy atom. The lowest BCUT2D eigenvalue weighted by Crippen LogP contribution is -2.52. The number of Topliss-reactive ketones (excluding diaryl/α,β-unsaturated/α-hetero) is 1. The van der Waals surface area contributed by atoms with Crippen molar-refractivity contribution in [2.24, 2.45) is 23.2 Å². The first-order valence-electron chi connectivity index (χ1n) is 9.08. The first kappa shape index (κ1) is 17.5. The van der Waals surface area contributed by atoms with Crippen molar-refractivity contribution >= 4 is 11.7 Å². The minimum Gasteiger partial charge on any atom is -0.339 e. The Labute approximate surface area is 135 Å². The van der Waals surface area contributed by atoms with E-state index in [9.17, 15) is 9.59 Å². The van der Waals surface area contributed by atoms with Crippen LogP contribution in [-0.4, -0.2) is 29.2 Å². The Morgan fingerprint density at radius 2 is 2.00 bits per heavy atom. The number of carbonyl (C=O) groups excluding carboxylic acids is 2. The van der Waals surface area contributed by atoms with Crippen LogP contribution in [0.25, 0.3) is 0 Å². The number of piperidine rings is 1. The summed E-state index contributed by atoms with van der Waals surface area (Å²) in [5.41, 5.74) is 0.261. The van der Waals surface area contributed by atoms with Crippen LogP contribution in [-0.2, 0) is 9.59 Å². The van der Waals surface area contributed by atoms with E-state index >= 15 is 0 Å². The Kier molecular flexibility index (Phi) is 5.34. The van der Waals surface area contributed by atoms with Gasteiger partial charge in [-0.15, -0.1) is 0 Å². The summed E-state index contributed by atoms with van der Waals surface area (Å²) in [4.78, 5) is 26.5. The van der Waals surface area contributed by atoms with Crippen LogP contribution in [0.4, 0.5) is 0 Å². The molecule has 22 heavy (non-hydrogen) atoms. The summed E-state index contributed by atoms with van der Waals surface area (Å²) in [5, 5.41) is 0. The predicted octanol–water partition coefficient (Wildman–Crippen LogP) is 4.06. The summed E-state index contributed by atoms with van der Waals surface area (Å²) in [5.74, 6) is 1.83. The number of carbonyl (C=O) groups is 2. The van der Waals surface area contributed by atoms with Crippen LogP contribution in [0.1, 0.15) is 73.1 Å². The van der Waals surface area contributed by atoms with E-state index in [4.69, 9.17) is 0 Å². The lowest BCUT2D eigenvalue weighted by molar-refractivity contribution is -0.146. The van der Waals surface area contributed by atoms with E-state index in [2.05, 4.69) is 32.6 Å². The third kappa shape index (κ3) is 3.23. The molecule has 2 fully saturated rings. The van der Waals surface area contributed by atoms with Crippen LogP contribution in [0.2, 0.25) is 0 Å². The fourth-order valence-electron chi connectivity index (χ4n) is 4.57. The summed E-state index contributed by atoms with van der Waals surface area (Å²) in [6.07, 6.45) is 6.08. The van der Waals surface area contributed by atoms with Crippen molar-refractivity contribution in [3.05, 3.63) is 0 Å². The maximum atomic E-state index is 13.0. The van der Waals surface area contributed by atoms with Gasteiger partial charge in [-0.2, -0.15) is 0 Å². The number of rotatable bonds is 6. The van der Waals surface area contributed by atoms with Crippen LogP contribution in [0, 0.1) is 23.2 Å². The Morgan fingerprint density at radius 1 is 1.32 bits per heavy atom. The molecule has 0 aromatic rings. The molecule has 0 radical (unpaired) electrons. The number of hydrogen-bond donors (Lipinski definition) is 0. The fourth-order valence-corrected chi connectivity index (χ4v) is 4.57. The molecule has 3 heteroatoms. The lowest BCUT2D eigenvalue weighted by atomic mass is 9.69. The van der Waals surface area contributed by atoms with E-state index in [-0.39, 0.29) is 17.1 Å². The SMILES string of the molecule is CCCC[C@H]1C[C@H]2[C@@H](C[C@@H](C)C2(C)C)C(=O)N1CCC(C)=O. The lowest BCUT2D eigenvalue weighted by Gasteiger charge is -2.45. The van der Waals surface area contributed by atoms with Crippen LogP contribution in [0.15, 0.2) is 0 Å². The molecule has 1 saturated carbocycles. The van der Waals surface area contributed by atoms with E-state index < -0.39 is 0 Å². The second kappa shape index (κ2) is 6.72. The summed E-state index contributed by atoms with van der Waals surface area (Å²) >= 11 is 0. The van der Waals surface area contributed by atoms with Gasteiger partial charge in [0.1, 0.15) is 5.78 Å². The molecule has 4 atom stereocenters. The van der Waals surface area contributed by atoms with Crippen LogP contribution >= 0.6 is 0 Å². The molecule has 1 aliphatic heterocycles. The number of likely N-dealkylation sites (tertiary alicyclic amines) is 1. The molecule has 0 aromatic heterocycles. The van der Waals surface area contributed by atoms with Crippen LogP contribution in [0.5, 0.6) is 0 Å². The smallest absolute Gasteiger partial charge is 0.226 e. The molecular formula is C19H33NO2. The van der Waals surface area contributed by atoms with Crippen LogP contribution in [0.3, 0.4) is 0 Å². The molecule has 0 spiro atoms. The molecule has 1 amide bonds. The number of unbranched alkanes of at least 4 members (excludes halogenated alkanes) is 1. The zero-order valence-corrected chi connectivity index (χ0v) is 15.0. The van der Waals surface area contributed by atoms with Gasteiger partial charge < -0.3 is 4.90 Å². The average molecular weight is 307 g/mol. The topological polar surface area (TPSA) is 37.4 Å². The molecule has 2 rings (SSSR count). The normalized spacial score (nSPS) is 33.9. The maximum absolute atomic E-state index is 13.0. The molecule has 0 unspecified atom stereocenters. The molecule has 3 nitrogen and oxygen atoms in total. The molecule has 0 N–H and O–H groups in total. The summed E-state index contributed by atoms with van der Waals surface area (Å²) in [6.45, 7) is 11.4. The zero-order valence-electron chi connectivity index (χ0n) is 15.0. The number of ketones is 1. The van der Waals surface area contributed by atoms with Gasteiger partial charge in [0.15, 0.2) is 0 Å². The van der Waals surface area contributed by atoms with Gasteiger partial charge in [-0.3, -0.25) is 9.59 Å². The van der Waals surface area contributed by atoms with E-state index in [1.165, 1.54) is 12.8 Å². The van der Waals surface area contributed by atoms with Gasteiger partial charge in [0.05, 0.1) is 0 Å². The predicted molar refractivity (Wildman–Crippen MR) is 89.5 cm³/mol. The minimum absolute atomic E-state index is 0.185. The molecule has 0 bridgehead atoms. The summed E-state index contributed by atoms with van der Waals surface area (Å²) in [7, 11) is 0. The van der Waals surface area contributed by atoms with Gasteiger partial charge in [-0.25, -0.2) is 0 Å². The van der Waals surface area contributed by atoms with Crippen molar-refractivity contribution in [2.75, 3.05) is 6.54 Å². The molecule has 126 valence electrons. The van der Waals surface area contributed by atoms with Gasteiger partial charge in [-0.05, 0) is 43.4 Å². The van der Waals surface area contributed by atoms with E-state index in [1.807, 2.05) is 0 Å². The average Bonchev–Trinajstić information content (AvgIpc) is 2.67. The highest BCUT2D eigenvalue weighted by atomic mass is 16.2. The Bertz CT molecular complexity index is 429. The van der Waals surface area contributed by atoms with Crippen molar-refractivity contribution in [2.45, 2.75) is 79.2 Å². The Hall–Kier alpha value is -0.860. The zero-order chi connectivity index (χ0) is 16.5. The Balaban J connectivity index is 2.18. The number of amides is 1. The van der Waals surface area contributed by atoms with Gasteiger partial charge in [-0.1, -0.05) is 40.5 Å². The minimum atomic E-state index is 0.185. The van der Waals surface area contributed by atoms with Crippen molar-refractivity contribution in [3.63, 3.8) is 0 Å². The summed E-state index contributed by atoms with van der Waals surface area (Å²) < 4.78 is 0. The molecule has 1 heterocycles. The van der Waals surface area contributed by atoms with E-state index in [1.54, 1.807) is 6.92 Å². The van der Waals surface area contributed by atoms with E-state index in [0.29, 0.717) is 36.8 Å². The second-order valence-electron chi connectivity index (χ2n) is 8.19. The first-order chi connectivity index (χ1) is 10.3. The van der Waals surface area contributed by atoms with Gasteiger partial charge >= 0.3 is 0 Å². The van der Waals surface area contributed by atoms with Gasteiger partial charge in [0, 0.05) is 24.9 Å². The first-order valence-corrected chi connectivity index (χ1v) is 9.08. The van der Waals surface area contributed by atoms with Crippen molar-refractivity contribution in [1.29, 1.82) is 0 Å². The fraction of sp³-hybridized carbons (Fsp3) is 0.895. The number of hydrogen-bond acceptors (Lipinski definition) is 2. The molecule has 0 aromatic carbocycles.